The first-order valence-corrected chi connectivity index (χ1v) is 9.03. The highest BCUT2D eigenvalue weighted by atomic mass is 16.1. The largest absolute Gasteiger partial charge is 0.372 e. The molecule has 1 N–H and O–H groups in total. The number of nitrogens with zero attached hydrogens (tertiary/aromatic N) is 4. The van der Waals surface area contributed by atoms with E-state index in [1.165, 1.54) is 0 Å². The SMILES string of the molecule is CCN(CC)c1ccc(NC(=O)c2cnc3c(cnn3C(C)C)c2)cc1. The van der Waals surface area contributed by atoms with Crippen molar-refractivity contribution in [3.05, 3.63) is 48.3 Å². The van der Waals surface area contributed by atoms with Gasteiger partial charge in [0, 0.05) is 42.1 Å². The highest BCUT2D eigenvalue weighted by molar-refractivity contribution is 6.05. The van der Waals surface area contributed by atoms with E-state index in [1.807, 2.05) is 35.0 Å². The summed E-state index contributed by atoms with van der Waals surface area (Å²) in [5, 5.41) is 8.13. The van der Waals surface area contributed by atoms with Gasteiger partial charge >= 0.3 is 0 Å². The zero-order chi connectivity index (χ0) is 18.7. The van der Waals surface area contributed by atoms with Gasteiger partial charge in [0.15, 0.2) is 5.65 Å². The van der Waals surface area contributed by atoms with Crippen LogP contribution >= 0.6 is 0 Å². The summed E-state index contributed by atoms with van der Waals surface area (Å²) in [5.41, 5.74) is 3.23. The van der Waals surface area contributed by atoms with E-state index in [0.29, 0.717) is 5.56 Å². The van der Waals surface area contributed by atoms with Crippen LogP contribution in [-0.4, -0.2) is 33.8 Å². The molecule has 0 bridgehead atoms. The van der Waals surface area contributed by atoms with E-state index >= 15 is 0 Å². The quantitative estimate of drug-likeness (QED) is 0.726. The molecule has 0 fully saturated rings. The number of carbonyl (C=O) groups is 1. The standard InChI is InChI=1S/C20H25N5O/c1-5-24(6-2)18-9-7-17(8-10-18)23-20(26)16-11-15-13-22-25(14(3)4)19(15)21-12-16/h7-14H,5-6H2,1-4H3,(H,23,26). The maximum atomic E-state index is 12.5. The molecule has 0 aliphatic rings. The van der Waals surface area contributed by atoms with Crippen LogP contribution in [0, 0.1) is 0 Å². The fraction of sp³-hybridized carbons (Fsp3) is 0.350. The van der Waals surface area contributed by atoms with E-state index < -0.39 is 0 Å². The minimum absolute atomic E-state index is 0.174. The molecule has 0 radical (unpaired) electrons. The van der Waals surface area contributed by atoms with E-state index in [9.17, 15) is 4.79 Å². The molecule has 0 spiro atoms. The van der Waals surface area contributed by atoms with E-state index in [2.05, 4.69) is 48.0 Å². The fourth-order valence-electron chi connectivity index (χ4n) is 2.99. The van der Waals surface area contributed by atoms with Crippen LogP contribution in [0.1, 0.15) is 44.1 Å². The van der Waals surface area contributed by atoms with Crippen LogP contribution in [0.4, 0.5) is 11.4 Å². The minimum atomic E-state index is -0.174. The lowest BCUT2D eigenvalue weighted by Crippen LogP contribution is -2.21. The van der Waals surface area contributed by atoms with Crippen molar-refractivity contribution in [2.75, 3.05) is 23.3 Å². The van der Waals surface area contributed by atoms with Crippen LogP contribution < -0.4 is 10.2 Å². The highest BCUT2D eigenvalue weighted by Crippen LogP contribution is 2.20. The van der Waals surface area contributed by atoms with Gasteiger partial charge in [-0.05, 0) is 58.0 Å². The summed E-state index contributed by atoms with van der Waals surface area (Å²) < 4.78 is 1.85. The van der Waals surface area contributed by atoms with Crippen molar-refractivity contribution >= 4 is 28.3 Å². The van der Waals surface area contributed by atoms with Gasteiger partial charge in [-0.25, -0.2) is 9.67 Å². The van der Waals surface area contributed by atoms with Gasteiger partial charge in [0.1, 0.15) is 0 Å². The van der Waals surface area contributed by atoms with Crippen LogP contribution in [0.5, 0.6) is 0 Å². The summed E-state index contributed by atoms with van der Waals surface area (Å²) in [6.45, 7) is 10.3. The first-order valence-electron chi connectivity index (χ1n) is 9.03. The molecular weight excluding hydrogens is 326 g/mol. The van der Waals surface area contributed by atoms with Crippen molar-refractivity contribution in [1.29, 1.82) is 0 Å². The molecule has 6 nitrogen and oxygen atoms in total. The molecule has 0 aliphatic heterocycles. The fourth-order valence-corrected chi connectivity index (χ4v) is 2.99. The second-order valence-electron chi connectivity index (χ2n) is 6.49. The zero-order valence-corrected chi connectivity index (χ0v) is 15.7. The molecule has 0 saturated heterocycles. The summed E-state index contributed by atoms with van der Waals surface area (Å²) in [6, 6.07) is 9.95. The Morgan fingerprint density at radius 3 is 2.46 bits per heavy atom. The Kier molecular flexibility index (Phi) is 5.21. The smallest absolute Gasteiger partial charge is 0.257 e. The molecule has 2 aromatic heterocycles. The Hall–Kier alpha value is -2.89. The van der Waals surface area contributed by atoms with Crippen LogP contribution in [0.25, 0.3) is 11.0 Å². The molecule has 136 valence electrons. The number of hydrogen-bond donors (Lipinski definition) is 1. The number of fused-ring (bicyclic) bond motifs is 1. The van der Waals surface area contributed by atoms with Gasteiger partial charge in [-0.15, -0.1) is 0 Å². The molecule has 0 saturated carbocycles. The third-order valence-corrected chi connectivity index (χ3v) is 4.44. The lowest BCUT2D eigenvalue weighted by atomic mass is 10.2. The van der Waals surface area contributed by atoms with Crippen LogP contribution in [0.15, 0.2) is 42.7 Å². The van der Waals surface area contributed by atoms with Gasteiger partial charge in [0.25, 0.3) is 5.91 Å². The van der Waals surface area contributed by atoms with Crippen molar-refractivity contribution in [1.82, 2.24) is 14.8 Å². The number of pyridine rings is 1. The lowest BCUT2D eigenvalue weighted by Gasteiger charge is -2.21. The molecule has 3 aromatic rings. The van der Waals surface area contributed by atoms with Gasteiger partial charge in [-0.1, -0.05) is 0 Å². The predicted octanol–water partition coefficient (Wildman–Crippen LogP) is 4.11. The number of anilines is 2. The van der Waals surface area contributed by atoms with Crippen molar-refractivity contribution in [2.45, 2.75) is 33.7 Å². The topological polar surface area (TPSA) is 63.1 Å². The van der Waals surface area contributed by atoms with Crippen molar-refractivity contribution in [3.8, 4) is 0 Å². The Morgan fingerprint density at radius 2 is 1.85 bits per heavy atom. The van der Waals surface area contributed by atoms with Gasteiger partial charge in [-0.2, -0.15) is 5.10 Å². The summed E-state index contributed by atoms with van der Waals surface area (Å²) >= 11 is 0. The molecular formula is C20H25N5O. The van der Waals surface area contributed by atoms with Crippen LogP contribution in [0.3, 0.4) is 0 Å². The molecule has 26 heavy (non-hydrogen) atoms. The number of hydrogen-bond acceptors (Lipinski definition) is 4. The van der Waals surface area contributed by atoms with Crippen molar-refractivity contribution < 1.29 is 4.79 Å². The summed E-state index contributed by atoms with van der Waals surface area (Å²) in [4.78, 5) is 19.2. The van der Waals surface area contributed by atoms with Crippen molar-refractivity contribution in [2.24, 2.45) is 0 Å². The average molecular weight is 351 g/mol. The number of amides is 1. The second kappa shape index (κ2) is 7.56. The third kappa shape index (κ3) is 3.54. The van der Waals surface area contributed by atoms with Crippen molar-refractivity contribution in [3.63, 3.8) is 0 Å². The van der Waals surface area contributed by atoms with Gasteiger partial charge < -0.3 is 10.2 Å². The van der Waals surface area contributed by atoms with E-state index in [0.717, 1.165) is 35.5 Å². The predicted molar refractivity (Wildman–Crippen MR) is 106 cm³/mol. The Balaban J connectivity index is 1.76. The second-order valence-corrected chi connectivity index (χ2v) is 6.49. The van der Waals surface area contributed by atoms with Crippen LogP contribution in [0.2, 0.25) is 0 Å². The number of benzene rings is 1. The molecule has 0 unspecified atom stereocenters. The number of nitrogens with one attached hydrogen (secondary N) is 1. The monoisotopic (exact) mass is 351 g/mol. The normalized spacial score (nSPS) is 11.1. The molecule has 0 atom stereocenters. The molecule has 3 rings (SSSR count). The maximum absolute atomic E-state index is 12.5. The molecule has 1 aromatic carbocycles. The number of rotatable bonds is 6. The Morgan fingerprint density at radius 1 is 1.15 bits per heavy atom. The van der Waals surface area contributed by atoms with E-state index in [-0.39, 0.29) is 11.9 Å². The third-order valence-electron chi connectivity index (χ3n) is 4.44. The summed E-state index contributed by atoms with van der Waals surface area (Å²) in [5.74, 6) is -0.174. The van der Waals surface area contributed by atoms with Gasteiger partial charge in [0.05, 0.1) is 11.8 Å². The molecule has 1 amide bonds. The van der Waals surface area contributed by atoms with Gasteiger partial charge in [0.2, 0.25) is 0 Å². The van der Waals surface area contributed by atoms with Crippen LogP contribution in [-0.2, 0) is 0 Å². The summed E-state index contributed by atoms with van der Waals surface area (Å²) in [7, 11) is 0. The first kappa shape index (κ1) is 17.9. The summed E-state index contributed by atoms with van der Waals surface area (Å²) in [6.07, 6.45) is 3.35. The lowest BCUT2D eigenvalue weighted by molar-refractivity contribution is 0.102. The average Bonchev–Trinajstić information content (AvgIpc) is 3.07. The Bertz CT molecular complexity index is 894. The minimum Gasteiger partial charge on any atom is -0.372 e. The molecule has 6 heteroatoms. The molecule has 0 aliphatic carbocycles. The highest BCUT2D eigenvalue weighted by Gasteiger charge is 2.12. The van der Waals surface area contributed by atoms with Gasteiger partial charge in [-0.3, -0.25) is 4.79 Å². The van der Waals surface area contributed by atoms with E-state index in [1.54, 1.807) is 12.4 Å². The zero-order valence-electron chi connectivity index (χ0n) is 15.7. The molecule has 2 heterocycles. The van der Waals surface area contributed by atoms with E-state index in [4.69, 9.17) is 0 Å². The number of aromatic nitrogens is 3. The Labute approximate surface area is 153 Å². The first-order chi connectivity index (χ1) is 12.5. The maximum Gasteiger partial charge on any atom is 0.257 e. The number of carbonyl (C=O) groups excluding carboxylic acids is 1.